The molecule has 114 valence electrons. The summed E-state index contributed by atoms with van der Waals surface area (Å²) in [6.07, 6.45) is 1.91. The van der Waals surface area contributed by atoms with Gasteiger partial charge in [-0.15, -0.1) is 0 Å². The number of furan rings is 1. The van der Waals surface area contributed by atoms with Crippen LogP contribution in [0.4, 0.5) is 0 Å². The number of hydrogen-bond acceptors (Lipinski definition) is 4. The summed E-state index contributed by atoms with van der Waals surface area (Å²) in [5, 5.41) is 13.0. The van der Waals surface area contributed by atoms with Gasteiger partial charge in [-0.2, -0.15) is 11.8 Å². The van der Waals surface area contributed by atoms with Gasteiger partial charge in [-0.25, -0.2) is 0 Å². The molecule has 0 aliphatic rings. The Morgan fingerprint density at radius 1 is 1.33 bits per heavy atom. The van der Waals surface area contributed by atoms with Crippen LogP contribution >= 0.6 is 11.8 Å². The predicted molar refractivity (Wildman–Crippen MR) is 87.0 cm³/mol. The van der Waals surface area contributed by atoms with Crippen molar-refractivity contribution in [2.45, 2.75) is 32.1 Å². The standard InChI is InChI=1S/C16H21NO3S/c1-9-5-12-7-14(20-13(12)6-10(9)2)16(19)17-11(3)15(8-18)21-4/h5-7,11,15,18H,8H2,1-4H3,(H,17,19). The third kappa shape index (κ3) is 3.41. The van der Waals surface area contributed by atoms with Crippen molar-refractivity contribution in [3.05, 3.63) is 35.1 Å². The van der Waals surface area contributed by atoms with Crippen molar-refractivity contribution in [1.82, 2.24) is 5.32 Å². The van der Waals surface area contributed by atoms with E-state index in [0.29, 0.717) is 5.76 Å². The monoisotopic (exact) mass is 307 g/mol. The number of fused-ring (bicyclic) bond motifs is 1. The van der Waals surface area contributed by atoms with Crippen molar-refractivity contribution < 1.29 is 14.3 Å². The largest absolute Gasteiger partial charge is 0.451 e. The van der Waals surface area contributed by atoms with E-state index in [9.17, 15) is 9.90 Å². The molecule has 0 aliphatic heterocycles. The molecule has 0 saturated heterocycles. The number of benzene rings is 1. The molecule has 1 amide bonds. The number of aliphatic hydroxyl groups excluding tert-OH is 1. The summed E-state index contributed by atoms with van der Waals surface area (Å²) in [4.78, 5) is 12.2. The quantitative estimate of drug-likeness (QED) is 0.891. The third-order valence-electron chi connectivity index (χ3n) is 3.76. The Kier molecular flexibility index (Phi) is 4.96. The Bertz CT molecular complexity index is 607. The average molecular weight is 307 g/mol. The second kappa shape index (κ2) is 6.54. The molecule has 0 aliphatic carbocycles. The topological polar surface area (TPSA) is 62.5 Å². The summed E-state index contributed by atoms with van der Waals surface area (Å²) in [6, 6.07) is 5.60. The molecule has 0 radical (unpaired) electrons. The van der Waals surface area contributed by atoms with Gasteiger partial charge in [0.05, 0.1) is 6.61 Å². The summed E-state index contributed by atoms with van der Waals surface area (Å²) in [5.41, 5.74) is 3.03. The second-order valence-corrected chi connectivity index (χ2v) is 6.38. The lowest BCUT2D eigenvalue weighted by atomic mass is 10.1. The zero-order valence-electron chi connectivity index (χ0n) is 12.8. The highest BCUT2D eigenvalue weighted by molar-refractivity contribution is 7.99. The maximum Gasteiger partial charge on any atom is 0.287 e. The van der Waals surface area contributed by atoms with Gasteiger partial charge in [-0.1, -0.05) is 0 Å². The number of hydrogen-bond donors (Lipinski definition) is 2. The molecule has 5 heteroatoms. The van der Waals surface area contributed by atoms with Gasteiger partial charge in [0.1, 0.15) is 5.58 Å². The number of carbonyl (C=O) groups excluding carboxylic acids is 1. The second-order valence-electron chi connectivity index (χ2n) is 5.30. The smallest absolute Gasteiger partial charge is 0.287 e. The molecule has 4 nitrogen and oxygen atoms in total. The molecule has 21 heavy (non-hydrogen) atoms. The predicted octanol–water partition coefficient (Wildman–Crippen LogP) is 2.89. The first-order valence-corrected chi connectivity index (χ1v) is 8.20. The van der Waals surface area contributed by atoms with Gasteiger partial charge in [0.25, 0.3) is 5.91 Å². The van der Waals surface area contributed by atoms with Gasteiger partial charge in [-0.05, 0) is 56.4 Å². The zero-order chi connectivity index (χ0) is 15.6. The summed E-state index contributed by atoms with van der Waals surface area (Å²) in [7, 11) is 0. The molecule has 2 unspecified atom stereocenters. The number of thioether (sulfide) groups is 1. The molecule has 0 fully saturated rings. The Morgan fingerprint density at radius 2 is 2.00 bits per heavy atom. The molecule has 0 saturated carbocycles. The van der Waals surface area contributed by atoms with E-state index < -0.39 is 0 Å². The molecule has 2 N–H and O–H groups in total. The van der Waals surface area contributed by atoms with Crippen LogP contribution in [-0.4, -0.2) is 35.2 Å². The van der Waals surface area contributed by atoms with E-state index in [1.54, 1.807) is 6.07 Å². The van der Waals surface area contributed by atoms with E-state index in [-0.39, 0.29) is 23.8 Å². The number of aryl methyl sites for hydroxylation is 2. The fourth-order valence-corrected chi connectivity index (χ4v) is 2.85. The van der Waals surface area contributed by atoms with E-state index >= 15 is 0 Å². The van der Waals surface area contributed by atoms with Crippen molar-refractivity contribution in [1.29, 1.82) is 0 Å². The Morgan fingerprint density at radius 3 is 2.62 bits per heavy atom. The van der Waals surface area contributed by atoms with Gasteiger partial charge in [0.15, 0.2) is 5.76 Å². The van der Waals surface area contributed by atoms with Crippen LogP contribution in [0.5, 0.6) is 0 Å². The van der Waals surface area contributed by atoms with Crippen LogP contribution in [0, 0.1) is 13.8 Å². The van der Waals surface area contributed by atoms with E-state index in [2.05, 4.69) is 5.32 Å². The lowest BCUT2D eigenvalue weighted by molar-refractivity contribution is 0.0910. The average Bonchev–Trinajstić information content (AvgIpc) is 2.83. The van der Waals surface area contributed by atoms with Gasteiger partial charge in [0.2, 0.25) is 0 Å². The molecule has 1 heterocycles. The van der Waals surface area contributed by atoms with Crippen molar-refractivity contribution in [3.63, 3.8) is 0 Å². The number of aliphatic hydroxyl groups is 1. The number of nitrogens with one attached hydrogen (secondary N) is 1. The fraction of sp³-hybridized carbons (Fsp3) is 0.438. The Balaban J connectivity index is 2.20. The number of amides is 1. The molecular weight excluding hydrogens is 286 g/mol. The Hall–Kier alpha value is -1.46. The van der Waals surface area contributed by atoms with E-state index in [0.717, 1.165) is 16.5 Å². The normalized spacial score (nSPS) is 14.1. The van der Waals surface area contributed by atoms with Gasteiger partial charge in [-0.3, -0.25) is 4.79 Å². The third-order valence-corrected chi connectivity index (χ3v) is 4.92. The molecule has 1 aromatic heterocycles. The van der Waals surface area contributed by atoms with Gasteiger partial charge >= 0.3 is 0 Å². The highest BCUT2D eigenvalue weighted by Crippen LogP contribution is 2.23. The summed E-state index contributed by atoms with van der Waals surface area (Å²) in [5.74, 6) is 0.0566. The first-order valence-electron chi connectivity index (χ1n) is 6.91. The van der Waals surface area contributed by atoms with Crippen molar-refractivity contribution >= 4 is 28.6 Å². The molecule has 1 aromatic carbocycles. The molecule has 2 atom stereocenters. The molecule has 0 bridgehead atoms. The highest BCUT2D eigenvalue weighted by atomic mass is 32.2. The minimum Gasteiger partial charge on any atom is -0.451 e. The molecular formula is C16H21NO3S. The zero-order valence-corrected chi connectivity index (χ0v) is 13.6. The van der Waals surface area contributed by atoms with E-state index in [4.69, 9.17) is 4.42 Å². The lowest BCUT2D eigenvalue weighted by Crippen LogP contribution is -2.41. The maximum absolute atomic E-state index is 12.2. The number of carbonyl (C=O) groups is 1. The fourth-order valence-electron chi connectivity index (χ4n) is 2.22. The summed E-state index contributed by atoms with van der Waals surface area (Å²) < 4.78 is 5.63. The molecule has 2 aromatic rings. The minimum atomic E-state index is -0.249. The van der Waals surface area contributed by atoms with Crippen LogP contribution in [0.1, 0.15) is 28.6 Å². The van der Waals surface area contributed by atoms with E-state index in [1.165, 1.54) is 17.3 Å². The van der Waals surface area contributed by atoms with Crippen molar-refractivity contribution in [2.24, 2.45) is 0 Å². The minimum absolute atomic E-state index is 0.0252. The summed E-state index contributed by atoms with van der Waals surface area (Å²) in [6.45, 7) is 5.96. The summed E-state index contributed by atoms with van der Waals surface area (Å²) >= 11 is 1.53. The maximum atomic E-state index is 12.2. The first kappa shape index (κ1) is 15.9. The van der Waals surface area contributed by atoms with Gasteiger partial charge in [0, 0.05) is 16.7 Å². The van der Waals surface area contributed by atoms with Crippen LogP contribution in [0.2, 0.25) is 0 Å². The van der Waals surface area contributed by atoms with Crippen LogP contribution in [0.3, 0.4) is 0 Å². The van der Waals surface area contributed by atoms with Crippen LogP contribution in [-0.2, 0) is 0 Å². The van der Waals surface area contributed by atoms with Crippen molar-refractivity contribution in [3.8, 4) is 0 Å². The number of rotatable bonds is 5. The first-order chi connectivity index (χ1) is 9.96. The molecule has 0 spiro atoms. The van der Waals surface area contributed by atoms with Crippen LogP contribution in [0.25, 0.3) is 11.0 Å². The van der Waals surface area contributed by atoms with Crippen LogP contribution < -0.4 is 5.32 Å². The molecule has 2 rings (SSSR count). The van der Waals surface area contributed by atoms with Crippen molar-refractivity contribution in [2.75, 3.05) is 12.9 Å². The van der Waals surface area contributed by atoms with E-state index in [1.807, 2.05) is 39.2 Å². The van der Waals surface area contributed by atoms with Crippen LogP contribution in [0.15, 0.2) is 22.6 Å². The SMILES string of the molecule is CSC(CO)C(C)NC(=O)c1cc2cc(C)c(C)cc2o1. The van der Waals surface area contributed by atoms with Gasteiger partial charge < -0.3 is 14.8 Å². The Labute approximate surface area is 128 Å². The lowest BCUT2D eigenvalue weighted by Gasteiger charge is -2.20. The highest BCUT2D eigenvalue weighted by Gasteiger charge is 2.20.